The van der Waals surface area contributed by atoms with Gasteiger partial charge in [-0.05, 0) is 97.5 Å². The third-order valence-corrected chi connectivity index (χ3v) is 14.7. The quantitative estimate of drug-likeness (QED) is 0.0860. The van der Waals surface area contributed by atoms with Gasteiger partial charge in [0.25, 0.3) is 21.6 Å². The zero-order valence-corrected chi connectivity index (χ0v) is 38.3. The van der Waals surface area contributed by atoms with Crippen LogP contribution in [0.1, 0.15) is 61.0 Å². The van der Waals surface area contributed by atoms with Crippen LogP contribution in [0.2, 0.25) is 5.02 Å². The summed E-state index contributed by atoms with van der Waals surface area (Å²) in [5.41, 5.74) is 5.73. The highest BCUT2D eigenvalue weighted by Gasteiger charge is 2.33. The molecule has 1 aliphatic carbocycles. The van der Waals surface area contributed by atoms with Gasteiger partial charge in [0.05, 0.1) is 47.0 Å². The summed E-state index contributed by atoms with van der Waals surface area (Å²) in [4.78, 5) is 39.9. The molecule has 5 aromatic rings. The van der Waals surface area contributed by atoms with E-state index < -0.39 is 25.7 Å². The third kappa shape index (κ3) is 10.3. The number of sulfonamides is 1. The molecule has 0 saturated carbocycles. The van der Waals surface area contributed by atoms with Crippen molar-refractivity contribution in [2.75, 3.05) is 77.1 Å². The second-order valence-corrected chi connectivity index (χ2v) is 20.4. The summed E-state index contributed by atoms with van der Waals surface area (Å²) in [5.74, 6) is -0.346. The molecule has 0 spiro atoms. The summed E-state index contributed by atoms with van der Waals surface area (Å²) in [7, 11) is -4.63. The molecule has 0 unspecified atom stereocenters. The molecule has 2 saturated heterocycles. The van der Waals surface area contributed by atoms with Gasteiger partial charge < -0.3 is 24.1 Å². The number of rotatable bonds is 13. The van der Waals surface area contributed by atoms with Crippen LogP contribution in [0, 0.1) is 21.4 Å². The highest BCUT2D eigenvalue weighted by atomic mass is 35.5. The van der Waals surface area contributed by atoms with Crippen molar-refractivity contribution in [3.8, 4) is 17.2 Å². The Morgan fingerprint density at radius 2 is 1.80 bits per heavy atom. The smallest absolute Gasteiger partial charge is 0.277 e. The predicted molar refractivity (Wildman–Crippen MR) is 250 cm³/mol. The zero-order chi connectivity index (χ0) is 45.3. The number of carbonyl (C=O) groups excluding carboxylic acids is 1. The van der Waals surface area contributed by atoms with Crippen LogP contribution in [-0.4, -0.2) is 111 Å². The molecule has 4 aliphatic rings. The average Bonchev–Trinajstić information content (AvgIpc) is 3.77. The van der Waals surface area contributed by atoms with E-state index >= 15 is 0 Å². The minimum atomic E-state index is -4.63. The van der Waals surface area contributed by atoms with E-state index in [-0.39, 0.29) is 40.7 Å². The number of hydrogen-bond donors (Lipinski definition) is 2. The number of anilines is 1. The molecule has 342 valence electrons. The highest BCUT2D eigenvalue weighted by Crippen LogP contribution is 2.44. The van der Waals surface area contributed by atoms with Crippen LogP contribution < -0.4 is 19.1 Å². The molecule has 2 fully saturated rings. The van der Waals surface area contributed by atoms with E-state index in [1.54, 1.807) is 30.5 Å². The number of ether oxygens (including phenoxy) is 3. The maximum atomic E-state index is 14.1. The van der Waals surface area contributed by atoms with Crippen molar-refractivity contribution in [3.63, 3.8) is 0 Å². The number of nitro benzene ring substituents is 1. The number of morpholine rings is 1. The molecule has 1 amide bonds. The molecular weight excluding hydrogens is 870 g/mol. The molecule has 0 radical (unpaired) electrons. The van der Waals surface area contributed by atoms with Gasteiger partial charge in [-0.25, -0.2) is 18.1 Å². The first-order valence-electron chi connectivity index (χ1n) is 22.3. The Kier molecular flexibility index (Phi) is 12.9. The summed E-state index contributed by atoms with van der Waals surface area (Å²) in [6, 6.07) is 19.2. The number of H-pyrrole nitrogens is 1. The number of nitrogens with zero attached hydrogens (tertiary/aromatic N) is 5. The van der Waals surface area contributed by atoms with Crippen molar-refractivity contribution in [1.82, 2.24) is 24.5 Å². The lowest BCUT2D eigenvalue weighted by Crippen LogP contribution is -2.47. The lowest BCUT2D eigenvalue weighted by atomic mass is 9.72. The van der Waals surface area contributed by atoms with E-state index in [0.717, 1.165) is 100 Å². The molecule has 65 heavy (non-hydrogen) atoms. The van der Waals surface area contributed by atoms with Crippen LogP contribution >= 0.6 is 11.6 Å². The molecule has 15 nitrogen and oxygen atoms in total. The number of aromatic amines is 1. The molecule has 1 atom stereocenters. The second-order valence-electron chi connectivity index (χ2n) is 18.3. The maximum Gasteiger partial charge on any atom is 0.277 e. The standard InChI is InChI=1S/C48H54ClN7O8S/c1-48(2)12-9-35(42(28-48)33-3-5-36(49)6-4-33)30-54-15-17-55(18-16-54)37-7-8-40(45(25-37)64-38-24-34-10-13-50-46(34)51-29-38)47(57)52-65(60,61)39-26-43(56(58)59)41-23-32(31-63-44(41)27-39)11-14-53-19-21-62-22-20-53/h3-8,10,13,24-27,29,32H,9,11-12,14-23,28,30-31H2,1-2H3,(H,50,51)(H,52,57)/t32-/m1/s1. The summed E-state index contributed by atoms with van der Waals surface area (Å²) < 4.78 is 47.8. The van der Waals surface area contributed by atoms with Gasteiger partial charge in [0.1, 0.15) is 22.9 Å². The number of allylic oxidation sites excluding steroid dienone is 1. The Balaban J connectivity index is 0.928. The molecule has 5 heterocycles. The Morgan fingerprint density at radius 1 is 1.02 bits per heavy atom. The highest BCUT2D eigenvalue weighted by molar-refractivity contribution is 7.90. The van der Waals surface area contributed by atoms with Crippen LogP contribution in [0.15, 0.2) is 89.6 Å². The fourth-order valence-electron chi connectivity index (χ4n) is 9.40. The fraction of sp³-hybridized carbons (Fsp3) is 0.417. The van der Waals surface area contributed by atoms with E-state index in [4.69, 9.17) is 25.8 Å². The van der Waals surface area contributed by atoms with E-state index in [2.05, 4.69) is 55.4 Å². The van der Waals surface area contributed by atoms with Gasteiger partial charge in [-0.2, -0.15) is 0 Å². The topological polar surface area (TPSA) is 172 Å². The minimum Gasteiger partial charge on any atom is -0.493 e. The first kappa shape index (κ1) is 44.7. The van der Waals surface area contributed by atoms with Crippen LogP contribution in [0.3, 0.4) is 0 Å². The monoisotopic (exact) mass is 923 g/mol. The van der Waals surface area contributed by atoms with E-state index in [1.165, 1.54) is 29.0 Å². The van der Waals surface area contributed by atoms with Crippen molar-refractivity contribution in [2.45, 2.75) is 50.8 Å². The summed E-state index contributed by atoms with van der Waals surface area (Å²) in [6.07, 6.45) is 7.62. The number of fused-ring (bicyclic) bond motifs is 2. The largest absolute Gasteiger partial charge is 0.493 e. The van der Waals surface area contributed by atoms with Crippen LogP contribution in [0.5, 0.6) is 17.2 Å². The van der Waals surface area contributed by atoms with Crippen molar-refractivity contribution in [3.05, 3.63) is 117 Å². The Morgan fingerprint density at radius 3 is 2.57 bits per heavy atom. The number of nitro groups is 1. The molecular formula is C48H54ClN7O8S. The number of piperazine rings is 1. The normalized spacial score (nSPS) is 19.4. The van der Waals surface area contributed by atoms with Crippen molar-refractivity contribution >= 4 is 55.5 Å². The summed E-state index contributed by atoms with van der Waals surface area (Å²) in [6.45, 7) is 12.7. The third-order valence-electron chi connectivity index (χ3n) is 13.2. The number of aromatic nitrogens is 2. The molecule has 2 N–H and O–H groups in total. The van der Waals surface area contributed by atoms with E-state index in [1.807, 2.05) is 18.2 Å². The maximum absolute atomic E-state index is 14.1. The van der Waals surface area contributed by atoms with Gasteiger partial charge in [0, 0.05) is 86.3 Å². The van der Waals surface area contributed by atoms with Gasteiger partial charge in [-0.15, -0.1) is 0 Å². The van der Waals surface area contributed by atoms with Gasteiger partial charge in [-0.1, -0.05) is 43.2 Å². The van der Waals surface area contributed by atoms with Crippen LogP contribution in [0.25, 0.3) is 16.6 Å². The van der Waals surface area contributed by atoms with Gasteiger partial charge in [0.15, 0.2) is 0 Å². The second kappa shape index (κ2) is 18.8. The number of halogens is 1. The summed E-state index contributed by atoms with van der Waals surface area (Å²) >= 11 is 6.25. The van der Waals surface area contributed by atoms with Gasteiger partial charge in [-0.3, -0.25) is 24.7 Å². The SMILES string of the molecule is CC1(C)CCC(CN2CCN(c3ccc(C(=O)NS(=O)(=O)c4cc5c(c([N+](=O)[O-])c4)C[C@@H](CCN4CCOCC4)CO5)c(Oc4cnc5[nH]ccc5c4)c3)CC2)=C(c2ccc(Cl)cc2)C1. The first-order chi connectivity index (χ1) is 31.3. The molecule has 3 aromatic carbocycles. The van der Waals surface area contributed by atoms with E-state index in [0.29, 0.717) is 36.6 Å². The Hall–Kier alpha value is -5.52. The lowest BCUT2D eigenvalue weighted by Gasteiger charge is -2.39. The first-order valence-corrected chi connectivity index (χ1v) is 24.1. The number of nitrogens with one attached hydrogen (secondary N) is 2. The minimum absolute atomic E-state index is 0.0191. The number of carbonyl (C=O) groups is 1. The molecule has 17 heteroatoms. The van der Waals surface area contributed by atoms with Gasteiger partial charge in [0.2, 0.25) is 0 Å². The molecule has 3 aliphatic heterocycles. The zero-order valence-electron chi connectivity index (χ0n) is 36.7. The Bertz CT molecular complexity index is 2730. The fourth-order valence-corrected chi connectivity index (χ4v) is 10.5. The number of pyridine rings is 1. The number of benzene rings is 3. The lowest BCUT2D eigenvalue weighted by molar-refractivity contribution is -0.386. The summed E-state index contributed by atoms with van der Waals surface area (Å²) in [5, 5.41) is 13.9. The van der Waals surface area contributed by atoms with Crippen LogP contribution in [-0.2, 0) is 21.2 Å². The molecule has 9 rings (SSSR count). The number of amides is 1. The molecule has 0 bridgehead atoms. The predicted octanol–water partition coefficient (Wildman–Crippen LogP) is 8.09. The Labute approximate surface area is 383 Å². The van der Waals surface area contributed by atoms with Crippen molar-refractivity contribution < 1.29 is 32.3 Å². The van der Waals surface area contributed by atoms with Gasteiger partial charge >= 0.3 is 0 Å². The van der Waals surface area contributed by atoms with Crippen LogP contribution in [0.4, 0.5) is 11.4 Å². The number of hydrogen-bond acceptors (Lipinski definition) is 12. The van der Waals surface area contributed by atoms with Crippen molar-refractivity contribution in [2.24, 2.45) is 11.3 Å². The molecule has 2 aromatic heterocycles. The van der Waals surface area contributed by atoms with E-state index in [9.17, 15) is 23.3 Å². The average molecular weight is 925 g/mol. The van der Waals surface area contributed by atoms with Crippen molar-refractivity contribution in [1.29, 1.82) is 0 Å².